The van der Waals surface area contributed by atoms with Crippen LogP contribution in [-0.2, 0) is 0 Å². The highest BCUT2D eigenvalue weighted by Gasteiger charge is 2.41. The number of nitrogens with zero attached hydrogens (tertiary/aromatic N) is 1. The molecule has 1 aromatic carbocycles. The molecule has 19 heavy (non-hydrogen) atoms. The molecule has 0 aliphatic carbocycles. The van der Waals surface area contributed by atoms with Gasteiger partial charge in [-0.15, -0.1) is 0 Å². The number of carbonyl (C=O) groups is 1. The minimum absolute atomic E-state index is 0.526. The lowest BCUT2D eigenvalue weighted by Gasteiger charge is -2.20. The number of benzene rings is 1. The normalized spacial score (nSPS) is 12.8. The molecule has 0 saturated carbocycles. The Hall–Kier alpha value is -2.32. The Morgan fingerprint density at radius 2 is 2.16 bits per heavy atom. The van der Waals surface area contributed by atoms with E-state index >= 15 is 0 Å². The zero-order chi connectivity index (χ0) is 14.6. The van der Waals surface area contributed by atoms with E-state index in [1.54, 1.807) is 0 Å². The van der Waals surface area contributed by atoms with Crippen molar-refractivity contribution in [1.82, 2.24) is 5.32 Å². The van der Waals surface area contributed by atoms with Crippen LogP contribution in [0.5, 0.6) is 0 Å². The summed E-state index contributed by atoms with van der Waals surface area (Å²) in [6.07, 6.45) is -4.56. The quantitative estimate of drug-likeness (QED) is 0.639. The molecule has 0 saturated heterocycles. The summed E-state index contributed by atoms with van der Waals surface area (Å²) in [6, 6.07) is 3.75. The van der Waals surface area contributed by atoms with Gasteiger partial charge in [0.05, 0.1) is 11.5 Å². The summed E-state index contributed by atoms with van der Waals surface area (Å²) in [7, 11) is 0. The molecule has 1 rings (SSSR count). The standard InChI is InChI=1S/C10H9F3N2O4/c11-8(10(12,13)5-14-9(16)17)6-2-1-3-7(4-6)15(18)19/h1-4,8,14H,5H2,(H,16,17). The molecule has 0 radical (unpaired) electrons. The third kappa shape index (κ3) is 3.83. The van der Waals surface area contributed by atoms with Gasteiger partial charge < -0.3 is 10.4 Å². The van der Waals surface area contributed by atoms with Crippen LogP contribution < -0.4 is 5.32 Å². The lowest BCUT2D eigenvalue weighted by molar-refractivity contribution is -0.385. The molecule has 0 aromatic heterocycles. The minimum atomic E-state index is -4.01. The Kier molecular flexibility index (Phi) is 4.30. The molecule has 104 valence electrons. The fraction of sp³-hybridized carbons (Fsp3) is 0.300. The van der Waals surface area contributed by atoms with Gasteiger partial charge in [0.1, 0.15) is 0 Å². The third-order valence-electron chi connectivity index (χ3n) is 2.22. The van der Waals surface area contributed by atoms with Gasteiger partial charge in [0.15, 0.2) is 6.17 Å². The summed E-state index contributed by atoms with van der Waals surface area (Å²) in [5.41, 5.74) is -1.12. The van der Waals surface area contributed by atoms with Crippen LogP contribution in [0.1, 0.15) is 11.7 Å². The number of amides is 1. The molecule has 0 aliphatic heterocycles. The van der Waals surface area contributed by atoms with Crippen molar-refractivity contribution in [2.45, 2.75) is 12.1 Å². The molecule has 1 atom stereocenters. The maximum atomic E-state index is 13.6. The number of halogens is 3. The first-order valence-corrected chi connectivity index (χ1v) is 4.97. The second-order valence-corrected chi connectivity index (χ2v) is 3.63. The van der Waals surface area contributed by atoms with Gasteiger partial charge in [-0.25, -0.2) is 18.0 Å². The average Bonchev–Trinajstić information content (AvgIpc) is 2.35. The highest BCUT2D eigenvalue weighted by molar-refractivity contribution is 5.64. The second-order valence-electron chi connectivity index (χ2n) is 3.63. The SMILES string of the molecule is O=C(O)NCC(F)(F)C(F)c1cccc([N+](=O)[O-])c1. The number of alkyl halides is 3. The van der Waals surface area contributed by atoms with E-state index in [0.717, 1.165) is 18.2 Å². The second kappa shape index (κ2) is 5.55. The predicted octanol–water partition coefficient (Wildman–Crippen LogP) is 2.51. The van der Waals surface area contributed by atoms with Crippen LogP contribution in [0.25, 0.3) is 0 Å². The molecule has 1 unspecified atom stereocenters. The summed E-state index contributed by atoms with van der Waals surface area (Å²) in [5.74, 6) is -4.01. The van der Waals surface area contributed by atoms with Crippen LogP contribution in [0.15, 0.2) is 24.3 Å². The van der Waals surface area contributed by atoms with Crippen LogP contribution >= 0.6 is 0 Å². The van der Waals surface area contributed by atoms with Crippen molar-refractivity contribution in [3.05, 3.63) is 39.9 Å². The van der Waals surface area contributed by atoms with Crippen molar-refractivity contribution in [2.24, 2.45) is 0 Å². The molecule has 2 N–H and O–H groups in total. The molecule has 0 heterocycles. The van der Waals surface area contributed by atoms with Crippen molar-refractivity contribution >= 4 is 11.8 Å². The van der Waals surface area contributed by atoms with Gasteiger partial charge in [0, 0.05) is 12.1 Å². The van der Waals surface area contributed by atoms with Crippen molar-refractivity contribution in [3.8, 4) is 0 Å². The number of hydrogen-bond donors (Lipinski definition) is 2. The maximum Gasteiger partial charge on any atom is 0.404 e. The molecule has 1 aromatic rings. The Labute approximate surface area is 105 Å². The highest BCUT2D eigenvalue weighted by Crippen LogP contribution is 2.35. The monoisotopic (exact) mass is 278 g/mol. The lowest BCUT2D eigenvalue weighted by Crippen LogP contribution is -2.38. The van der Waals surface area contributed by atoms with Gasteiger partial charge in [-0.2, -0.15) is 0 Å². The number of nitro benzene ring substituents is 1. The largest absolute Gasteiger partial charge is 0.465 e. The fourth-order valence-electron chi connectivity index (χ4n) is 1.32. The zero-order valence-corrected chi connectivity index (χ0v) is 9.35. The summed E-state index contributed by atoms with van der Waals surface area (Å²) < 4.78 is 40.3. The van der Waals surface area contributed by atoms with Crippen LogP contribution in [-0.4, -0.2) is 28.6 Å². The van der Waals surface area contributed by atoms with Crippen LogP contribution in [0, 0.1) is 10.1 Å². The molecule has 0 bridgehead atoms. The molecular formula is C10H9F3N2O4. The van der Waals surface area contributed by atoms with E-state index in [2.05, 4.69) is 0 Å². The first kappa shape index (κ1) is 14.7. The third-order valence-corrected chi connectivity index (χ3v) is 2.22. The molecule has 1 amide bonds. The Bertz CT molecular complexity index is 495. The summed E-state index contributed by atoms with van der Waals surface area (Å²) >= 11 is 0. The number of nitro groups is 1. The number of hydrogen-bond acceptors (Lipinski definition) is 3. The highest BCUT2D eigenvalue weighted by atomic mass is 19.3. The van der Waals surface area contributed by atoms with Crippen LogP contribution in [0.2, 0.25) is 0 Å². The minimum Gasteiger partial charge on any atom is -0.465 e. The van der Waals surface area contributed by atoms with Crippen LogP contribution in [0.3, 0.4) is 0 Å². The van der Waals surface area contributed by atoms with E-state index in [-0.39, 0.29) is 0 Å². The maximum absolute atomic E-state index is 13.6. The molecule has 0 aliphatic rings. The molecule has 0 spiro atoms. The summed E-state index contributed by atoms with van der Waals surface area (Å²) in [4.78, 5) is 19.7. The average molecular weight is 278 g/mol. The first-order chi connectivity index (χ1) is 8.74. The van der Waals surface area contributed by atoms with Crippen molar-refractivity contribution in [3.63, 3.8) is 0 Å². The van der Waals surface area contributed by atoms with E-state index in [0.29, 0.717) is 6.07 Å². The van der Waals surface area contributed by atoms with Gasteiger partial charge in [-0.3, -0.25) is 10.1 Å². The lowest BCUT2D eigenvalue weighted by atomic mass is 10.0. The summed E-state index contributed by atoms with van der Waals surface area (Å²) in [6.45, 7) is -1.42. The van der Waals surface area contributed by atoms with Crippen molar-refractivity contribution < 1.29 is 28.0 Å². The van der Waals surface area contributed by atoms with E-state index in [9.17, 15) is 28.1 Å². The van der Waals surface area contributed by atoms with Crippen molar-refractivity contribution in [2.75, 3.05) is 6.54 Å². The number of non-ortho nitro benzene ring substituents is 1. The van der Waals surface area contributed by atoms with Gasteiger partial charge in [-0.05, 0) is 5.56 Å². The number of nitrogens with one attached hydrogen (secondary N) is 1. The Balaban J connectivity index is 2.92. The molecule has 9 heteroatoms. The van der Waals surface area contributed by atoms with Crippen molar-refractivity contribution in [1.29, 1.82) is 0 Å². The van der Waals surface area contributed by atoms with Gasteiger partial charge in [-0.1, -0.05) is 12.1 Å². The molecule has 6 nitrogen and oxygen atoms in total. The number of carboxylic acid groups (broad SMARTS) is 1. The van der Waals surface area contributed by atoms with Gasteiger partial charge in [0.2, 0.25) is 0 Å². The predicted molar refractivity (Wildman–Crippen MR) is 57.9 cm³/mol. The van der Waals surface area contributed by atoms with E-state index < -0.39 is 40.9 Å². The Morgan fingerprint density at radius 3 is 2.68 bits per heavy atom. The van der Waals surface area contributed by atoms with E-state index in [4.69, 9.17) is 5.11 Å². The molecular weight excluding hydrogens is 269 g/mol. The van der Waals surface area contributed by atoms with E-state index in [1.165, 1.54) is 5.32 Å². The van der Waals surface area contributed by atoms with E-state index in [1.807, 2.05) is 0 Å². The van der Waals surface area contributed by atoms with Gasteiger partial charge >= 0.3 is 6.09 Å². The first-order valence-electron chi connectivity index (χ1n) is 4.97. The zero-order valence-electron chi connectivity index (χ0n) is 9.35. The molecule has 0 fully saturated rings. The van der Waals surface area contributed by atoms with Crippen LogP contribution in [0.4, 0.5) is 23.7 Å². The summed E-state index contributed by atoms with van der Waals surface area (Å²) in [5, 5.41) is 20.0. The topological polar surface area (TPSA) is 92.5 Å². The Morgan fingerprint density at radius 1 is 1.53 bits per heavy atom. The number of rotatable bonds is 5. The smallest absolute Gasteiger partial charge is 0.404 e. The van der Waals surface area contributed by atoms with Gasteiger partial charge in [0.25, 0.3) is 11.6 Å². The fourth-order valence-corrected chi connectivity index (χ4v) is 1.32.